The molecule has 0 fully saturated rings. The highest BCUT2D eigenvalue weighted by Gasteiger charge is 2.33. The molecule has 2 aromatic carbocycles. The lowest BCUT2D eigenvalue weighted by molar-refractivity contribution is 0.0657. The number of benzene rings is 2. The summed E-state index contributed by atoms with van der Waals surface area (Å²) in [7, 11) is 0. The Balaban J connectivity index is 1.82. The van der Waals surface area contributed by atoms with Gasteiger partial charge >= 0.3 is 0 Å². The Hall–Kier alpha value is -1.51. The predicted octanol–water partition coefficient (Wildman–Crippen LogP) is 4.73. The van der Waals surface area contributed by atoms with E-state index in [-0.39, 0.29) is 11.6 Å². The van der Waals surface area contributed by atoms with E-state index < -0.39 is 0 Å². The zero-order valence-corrected chi connectivity index (χ0v) is 13.2. The van der Waals surface area contributed by atoms with Crippen molar-refractivity contribution in [2.24, 2.45) is 0 Å². The zero-order valence-electron chi connectivity index (χ0n) is 12.4. The minimum Gasteiger partial charge on any atom is -0.487 e. The van der Waals surface area contributed by atoms with Crippen LogP contribution in [0.4, 0.5) is 0 Å². The van der Waals surface area contributed by atoms with E-state index in [9.17, 15) is 0 Å². The zero-order chi connectivity index (χ0) is 14.9. The Bertz CT molecular complexity index is 624. The summed E-state index contributed by atoms with van der Waals surface area (Å²) in [6, 6.07) is 16.6. The minimum atomic E-state index is -0.171. The van der Waals surface area contributed by atoms with E-state index >= 15 is 0 Å². The topological polar surface area (TPSA) is 21.3 Å². The lowest BCUT2D eigenvalue weighted by Crippen LogP contribution is -2.39. The number of hydrogen-bond acceptors (Lipinski definition) is 2. The largest absolute Gasteiger partial charge is 0.487 e. The summed E-state index contributed by atoms with van der Waals surface area (Å²) in [6.45, 7) is 5.09. The van der Waals surface area contributed by atoms with E-state index in [1.165, 1.54) is 5.56 Å². The number of rotatable bonds is 3. The maximum Gasteiger partial charge on any atom is 0.124 e. The summed E-state index contributed by atoms with van der Waals surface area (Å²) >= 11 is 6.15. The normalized spacial score (nSPS) is 19.7. The van der Waals surface area contributed by atoms with E-state index in [0.717, 1.165) is 29.3 Å². The van der Waals surface area contributed by atoms with Crippen LogP contribution in [-0.2, 0) is 6.54 Å². The van der Waals surface area contributed by atoms with Crippen molar-refractivity contribution in [3.63, 3.8) is 0 Å². The number of fused-ring (bicyclic) bond motifs is 1. The second kappa shape index (κ2) is 5.70. The molecule has 0 bridgehead atoms. The maximum absolute atomic E-state index is 6.15. The van der Waals surface area contributed by atoms with Gasteiger partial charge in [-0.05, 0) is 37.6 Å². The first-order chi connectivity index (χ1) is 10.0. The van der Waals surface area contributed by atoms with Crippen LogP contribution in [0.2, 0.25) is 5.02 Å². The van der Waals surface area contributed by atoms with Gasteiger partial charge in [-0.1, -0.05) is 41.9 Å². The van der Waals surface area contributed by atoms with Crippen LogP contribution >= 0.6 is 11.6 Å². The Labute approximate surface area is 131 Å². The van der Waals surface area contributed by atoms with Gasteiger partial charge in [-0.2, -0.15) is 0 Å². The fourth-order valence-corrected chi connectivity index (χ4v) is 3.03. The van der Waals surface area contributed by atoms with Crippen LogP contribution in [0.5, 0.6) is 5.75 Å². The lowest BCUT2D eigenvalue weighted by Gasteiger charge is -2.38. The fraction of sp³-hybridized carbons (Fsp3) is 0.333. The Morgan fingerprint density at radius 1 is 1.19 bits per heavy atom. The molecule has 3 rings (SSSR count). The second-order valence-corrected chi connectivity index (χ2v) is 6.60. The van der Waals surface area contributed by atoms with Gasteiger partial charge in [0.1, 0.15) is 11.4 Å². The SMILES string of the molecule is CC1(C)CC(NCc2ccccc2)c2cc(Cl)ccc2O1. The molecular weight excluding hydrogens is 282 g/mol. The van der Waals surface area contributed by atoms with Crippen molar-refractivity contribution < 1.29 is 4.74 Å². The summed E-state index contributed by atoms with van der Waals surface area (Å²) in [5.74, 6) is 0.932. The molecule has 1 unspecified atom stereocenters. The van der Waals surface area contributed by atoms with Gasteiger partial charge in [-0.3, -0.25) is 0 Å². The third kappa shape index (κ3) is 3.39. The predicted molar refractivity (Wildman–Crippen MR) is 86.8 cm³/mol. The van der Waals surface area contributed by atoms with Crippen molar-refractivity contribution in [1.29, 1.82) is 0 Å². The second-order valence-electron chi connectivity index (χ2n) is 6.17. The van der Waals surface area contributed by atoms with Crippen molar-refractivity contribution >= 4 is 11.6 Å². The van der Waals surface area contributed by atoms with Gasteiger partial charge in [-0.15, -0.1) is 0 Å². The first-order valence-electron chi connectivity index (χ1n) is 7.29. The summed E-state index contributed by atoms with van der Waals surface area (Å²) in [5, 5.41) is 4.39. The van der Waals surface area contributed by atoms with Crippen molar-refractivity contribution in [1.82, 2.24) is 5.32 Å². The molecule has 1 N–H and O–H groups in total. The van der Waals surface area contributed by atoms with E-state index in [4.69, 9.17) is 16.3 Å². The highest BCUT2D eigenvalue weighted by atomic mass is 35.5. The summed E-state index contributed by atoms with van der Waals surface area (Å²) in [6.07, 6.45) is 0.924. The number of ether oxygens (including phenoxy) is 1. The quantitative estimate of drug-likeness (QED) is 0.884. The lowest BCUT2D eigenvalue weighted by atomic mass is 9.89. The molecule has 1 atom stereocenters. The smallest absolute Gasteiger partial charge is 0.124 e. The number of nitrogens with one attached hydrogen (secondary N) is 1. The molecule has 2 aromatic rings. The summed E-state index contributed by atoms with van der Waals surface area (Å²) in [4.78, 5) is 0. The molecule has 1 aliphatic heterocycles. The molecule has 21 heavy (non-hydrogen) atoms. The van der Waals surface area contributed by atoms with Gasteiger partial charge in [0.2, 0.25) is 0 Å². The average Bonchev–Trinajstić information content (AvgIpc) is 2.46. The molecule has 3 heteroatoms. The maximum atomic E-state index is 6.15. The van der Waals surface area contributed by atoms with Crippen molar-refractivity contribution in [3.05, 3.63) is 64.7 Å². The van der Waals surface area contributed by atoms with Crippen LogP contribution in [0.3, 0.4) is 0 Å². The Morgan fingerprint density at radius 3 is 2.71 bits per heavy atom. The molecule has 110 valence electrons. The molecule has 0 aliphatic carbocycles. The molecule has 0 saturated heterocycles. The van der Waals surface area contributed by atoms with Crippen LogP contribution < -0.4 is 10.1 Å². The van der Waals surface area contributed by atoms with Gasteiger partial charge in [0.15, 0.2) is 0 Å². The highest BCUT2D eigenvalue weighted by Crippen LogP contribution is 2.40. The molecule has 0 radical (unpaired) electrons. The molecular formula is C18H20ClNO. The van der Waals surface area contributed by atoms with E-state index in [2.05, 4.69) is 43.4 Å². The third-order valence-electron chi connectivity index (χ3n) is 3.82. The molecule has 0 aromatic heterocycles. The van der Waals surface area contributed by atoms with Gasteiger partial charge in [0.25, 0.3) is 0 Å². The number of halogens is 1. The molecule has 0 amide bonds. The summed E-state index contributed by atoms with van der Waals surface area (Å²) < 4.78 is 6.06. The van der Waals surface area contributed by atoms with Crippen LogP contribution in [0, 0.1) is 0 Å². The Morgan fingerprint density at radius 2 is 1.95 bits per heavy atom. The number of hydrogen-bond donors (Lipinski definition) is 1. The van der Waals surface area contributed by atoms with Crippen molar-refractivity contribution in [2.45, 2.75) is 38.5 Å². The minimum absolute atomic E-state index is 0.171. The van der Waals surface area contributed by atoms with Crippen LogP contribution in [0.25, 0.3) is 0 Å². The van der Waals surface area contributed by atoms with Gasteiger partial charge in [-0.25, -0.2) is 0 Å². The third-order valence-corrected chi connectivity index (χ3v) is 4.06. The van der Waals surface area contributed by atoms with Crippen molar-refractivity contribution in [3.8, 4) is 5.75 Å². The standard InChI is InChI=1S/C18H20ClNO/c1-18(2)11-16(20-12-13-6-4-3-5-7-13)15-10-14(19)8-9-17(15)21-18/h3-10,16,20H,11-12H2,1-2H3. The molecule has 1 heterocycles. The van der Waals surface area contributed by atoms with Crippen LogP contribution in [-0.4, -0.2) is 5.60 Å². The Kier molecular flexibility index (Phi) is 3.92. The van der Waals surface area contributed by atoms with E-state index in [1.807, 2.05) is 24.3 Å². The van der Waals surface area contributed by atoms with Crippen LogP contribution in [0.1, 0.15) is 37.4 Å². The average molecular weight is 302 g/mol. The molecule has 1 aliphatic rings. The molecule has 2 nitrogen and oxygen atoms in total. The van der Waals surface area contributed by atoms with Crippen molar-refractivity contribution in [2.75, 3.05) is 0 Å². The van der Waals surface area contributed by atoms with Gasteiger partial charge in [0.05, 0.1) is 0 Å². The first kappa shape index (κ1) is 14.4. The summed E-state index contributed by atoms with van der Waals surface area (Å²) in [5.41, 5.74) is 2.26. The first-order valence-corrected chi connectivity index (χ1v) is 7.67. The van der Waals surface area contributed by atoms with Gasteiger partial charge in [0, 0.05) is 29.6 Å². The van der Waals surface area contributed by atoms with E-state index in [0.29, 0.717) is 0 Å². The molecule has 0 saturated carbocycles. The van der Waals surface area contributed by atoms with Crippen LogP contribution in [0.15, 0.2) is 48.5 Å². The fourth-order valence-electron chi connectivity index (χ4n) is 2.84. The highest BCUT2D eigenvalue weighted by molar-refractivity contribution is 6.30. The van der Waals surface area contributed by atoms with E-state index in [1.54, 1.807) is 0 Å². The molecule has 0 spiro atoms. The van der Waals surface area contributed by atoms with Gasteiger partial charge < -0.3 is 10.1 Å². The monoisotopic (exact) mass is 301 g/mol.